The zero-order valence-corrected chi connectivity index (χ0v) is 11.5. The molecule has 0 amide bonds. The lowest BCUT2D eigenvalue weighted by molar-refractivity contribution is 0.288. The number of fused-ring (bicyclic) bond motifs is 1. The number of aliphatic hydroxyl groups excluding tert-OH is 1. The minimum absolute atomic E-state index is 0.208. The lowest BCUT2D eigenvalue weighted by atomic mass is 10.1. The molecule has 0 radical (unpaired) electrons. The number of nitrogens with two attached hydrogens (primary N) is 1. The topological polar surface area (TPSA) is 62.4 Å². The summed E-state index contributed by atoms with van der Waals surface area (Å²) in [5.74, 6) is 0. The van der Waals surface area contributed by atoms with Gasteiger partial charge in [-0.1, -0.05) is 0 Å². The van der Waals surface area contributed by atoms with Gasteiger partial charge in [0, 0.05) is 42.2 Å². The SMILES string of the molecule is CC(C)N(CCCO)c1ccnc2cc(N)ccc12. The first-order chi connectivity index (χ1) is 9.13. The molecule has 0 aliphatic carbocycles. The molecule has 4 nitrogen and oxygen atoms in total. The molecule has 0 unspecified atom stereocenters. The molecule has 2 rings (SSSR count). The number of rotatable bonds is 5. The molecule has 0 aliphatic heterocycles. The van der Waals surface area contributed by atoms with Crippen LogP contribution in [-0.4, -0.2) is 29.3 Å². The van der Waals surface area contributed by atoms with Gasteiger partial charge in [0.15, 0.2) is 0 Å². The van der Waals surface area contributed by atoms with Crippen molar-refractivity contribution >= 4 is 22.3 Å². The van der Waals surface area contributed by atoms with Crippen molar-refractivity contribution in [3.63, 3.8) is 0 Å². The Morgan fingerprint density at radius 1 is 1.32 bits per heavy atom. The van der Waals surface area contributed by atoms with E-state index in [1.807, 2.05) is 30.5 Å². The summed E-state index contributed by atoms with van der Waals surface area (Å²) in [5.41, 5.74) is 8.59. The van der Waals surface area contributed by atoms with Crippen molar-refractivity contribution in [1.82, 2.24) is 4.98 Å². The third-order valence-corrected chi connectivity index (χ3v) is 3.23. The first-order valence-electron chi connectivity index (χ1n) is 6.65. The fraction of sp³-hybridized carbons (Fsp3) is 0.400. The zero-order valence-electron chi connectivity index (χ0n) is 11.5. The summed E-state index contributed by atoms with van der Waals surface area (Å²) in [6, 6.07) is 8.20. The fourth-order valence-corrected chi connectivity index (χ4v) is 2.30. The van der Waals surface area contributed by atoms with Crippen LogP contribution in [-0.2, 0) is 0 Å². The quantitative estimate of drug-likeness (QED) is 0.809. The molecular formula is C15H21N3O. The van der Waals surface area contributed by atoms with E-state index in [0.717, 1.165) is 35.2 Å². The number of anilines is 2. The minimum Gasteiger partial charge on any atom is -0.399 e. The van der Waals surface area contributed by atoms with Gasteiger partial charge in [-0.25, -0.2) is 0 Å². The number of nitrogens with zero attached hydrogens (tertiary/aromatic N) is 2. The number of aromatic nitrogens is 1. The Morgan fingerprint density at radius 3 is 2.79 bits per heavy atom. The molecule has 1 aromatic carbocycles. The predicted molar refractivity (Wildman–Crippen MR) is 80.3 cm³/mol. The van der Waals surface area contributed by atoms with Crippen LogP contribution in [0.4, 0.5) is 11.4 Å². The standard InChI is InChI=1S/C15H21N3O/c1-11(2)18(8-3-9-19)15-6-7-17-14-10-12(16)4-5-13(14)15/h4-7,10-11,19H,3,8-9,16H2,1-2H3. The second-order valence-corrected chi connectivity index (χ2v) is 4.97. The smallest absolute Gasteiger partial charge is 0.0743 e. The number of aliphatic hydroxyl groups is 1. The maximum Gasteiger partial charge on any atom is 0.0743 e. The molecule has 102 valence electrons. The van der Waals surface area contributed by atoms with E-state index in [-0.39, 0.29) is 6.61 Å². The monoisotopic (exact) mass is 259 g/mol. The molecule has 19 heavy (non-hydrogen) atoms. The molecular weight excluding hydrogens is 238 g/mol. The Balaban J connectivity index is 2.47. The molecule has 2 aromatic rings. The highest BCUT2D eigenvalue weighted by atomic mass is 16.3. The van der Waals surface area contributed by atoms with Crippen LogP contribution < -0.4 is 10.6 Å². The molecule has 0 atom stereocenters. The summed E-state index contributed by atoms with van der Waals surface area (Å²) in [6.45, 7) is 5.35. The highest BCUT2D eigenvalue weighted by Gasteiger charge is 2.13. The summed E-state index contributed by atoms with van der Waals surface area (Å²) in [5, 5.41) is 10.1. The van der Waals surface area contributed by atoms with Gasteiger partial charge in [-0.2, -0.15) is 0 Å². The van der Waals surface area contributed by atoms with Crippen LogP contribution >= 0.6 is 0 Å². The van der Waals surface area contributed by atoms with Gasteiger partial charge in [-0.15, -0.1) is 0 Å². The second kappa shape index (κ2) is 5.89. The third-order valence-electron chi connectivity index (χ3n) is 3.23. The lowest BCUT2D eigenvalue weighted by Crippen LogP contribution is -2.32. The van der Waals surface area contributed by atoms with Crippen molar-refractivity contribution in [1.29, 1.82) is 0 Å². The zero-order chi connectivity index (χ0) is 13.8. The van der Waals surface area contributed by atoms with Gasteiger partial charge in [0.25, 0.3) is 0 Å². The van der Waals surface area contributed by atoms with E-state index >= 15 is 0 Å². The molecule has 1 aromatic heterocycles. The van der Waals surface area contributed by atoms with Gasteiger partial charge in [-0.05, 0) is 44.5 Å². The van der Waals surface area contributed by atoms with E-state index in [1.165, 1.54) is 0 Å². The van der Waals surface area contributed by atoms with Crippen molar-refractivity contribution in [2.45, 2.75) is 26.3 Å². The van der Waals surface area contributed by atoms with Gasteiger partial charge >= 0.3 is 0 Å². The molecule has 4 heteroatoms. The number of benzene rings is 1. The van der Waals surface area contributed by atoms with E-state index in [9.17, 15) is 0 Å². The molecule has 0 spiro atoms. The molecule has 0 saturated carbocycles. The van der Waals surface area contributed by atoms with E-state index in [1.54, 1.807) is 0 Å². The summed E-state index contributed by atoms with van der Waals surface area (Å²) < 4.78 is 0. The van der Waals surface area contributed by atoms with Crippen LogP contribution in [0.3, 0.4) is 0 Å². The van der Waals surface area contributed by atoms with Crippen LogP contribution in [0.15, 0.2) is 30.5 Å². The van der Waals surface area contributed by atoms with Crippen molar-refractivity contribution in [2.75, 3.05) is 23.8 Å². The van der Waals surface area contributed by atoms with E-state index < -0.39 is 0 Å². The normalized spacial score (nSPS) is 11.2. The van der Waals surface area contributed by atoms with Crippen LogP contribution in [0.2, 0.25) is 0 Å². The Kier molecular flexibility index (Phi) is 4.22. The van der Waals surface area contributed by atoms with Crippen LogP contribution in [0.25, 0.3) is 10.9 Å². The average molecular weight is 259 g/mol. The highest BCUT2D eigenvalue weighted by molar-refractivity contribution is 5.93. The highest BCUT2D eigenvalue weighted by Crippen LogP contribution is 2.28. The Labute approximate surface area is 113 Å². The average Bonchev–Trinajstić information content (AvgIpc) is 2.38. The molecule has 0 fully saturated rings. The summed E-state index contributed by atoms with van der Waals surface area (Å²) in [7, 11) is 0. The fourth-order valence-electron chi connectivity index (χ4n) is 2.30. The molecule has 0 bridgehead atoms. The van der Waals surface area contributed by atoms with E-state index in [0.29, 0.717) is 6.04 Å². The van der Waals surface area contributed by atoms with Crippen LogP contribution in [0.5, 0.6) is 0 Å². The van der Waals surface area contributed by atoms with Crippen LogP contribution in [0.1, 0.15) is 20.3 Å². The number of hydrogen-bond donors (Lipinski definition) is 2. The minimum atomic E-state index is 0.208. The first-order valence-corrected chi connectivity index (χ1v) is 6.65. The molecule has 0 aliphatic rings. The molecule has 3 N–H and O–H groups in total. The van der Waals surface area contributed by atoms with Gasteiger partial charge in [0.05, 0.1) is 5.52 Å². The Morgan fingerprint density at radius 2 is 2.11 bits per heavy atom. The lowest BCUT2D eigenvalue weighted by Gasteiger charge is -2.29. The van der Waals surface area contributed by atoms with Crippen molar-refractivity contribution in [2.24, 2.45) is 0 Å². The van der Waals surface area contributed by atoms with E-state index in [2.05, 4.69) is 23.7 Å². The number of hydrogen-bond acceptors (Lipinski definition) is 4. The largest absolute Gasteiger partial charge is 0.399 e. The summed E-state index contributed by atoms with van der Waals surface area (Å²) in [6.07, 6.45) is 2.57. The van der Waals surface area contributed by atoms with Gasteiger partial charge in [0.1, 0.15) is 0 Å². The summed E-state index contributed by atoms with van der Waals surface area (Å²) >= 11 is 0. The molecule has 0 saturated heterocycles. The first kappa shape index (κ1) is 13.6. The maximum absolute atomic E-state index is 9.04. The van der Waals surface area contributed by atoms with Gasteiger partial charge < -0.3 is 15.7 Å². The Bertz CT molecular complexity index is 554. The van der Waals surface area contributed by atoms with Crippen molar-refractivity contribution in [3.8, 4) is 0 Å². The predicted octanol–water partition coefficient (Wildman–Crippen LogP) is 2.41. The molecule has 1 heterocycles. The summed E-state index contributed by atoms with van der Waals surface area (Å²) in [4.78, 5) is 6.66. The van der Waals surface area contributed by atoms with Crippen molar-refractivity contribution in [3.05, 3.63) is 30.5 Å². The van der Waals surface area contributed by atoms with Gasteiger partial charge in [0.2, 0.25) is 0 Å². The third kappa shape index (κ3) is 2.96. The Hall–Kier alpha value is -1.81. The second-order valence-electron chi connectivity index (χ2n) is 4.97. The number of nitrogen functional groups attached to an aromatic ring is 1. The maximum atomic E-state index is 9.04. The van der Waals surface area contributed by atoms with E-state index in [4.69, 9.17) is 10.8 Å². The van der Waals surface area contributed by atoms with Crippen LogP contribution in [0, 0.1) is 0 Å². The number of pyridine rings is 1. The van der Waals surface area contributed by atoms with Gasteiger partial charge in [-0.3, -0.25) is 4.98 Å². The van der Waals surface area contributed by atoms with Crippen molar-refractivity contribution < 1.29 is 5.11 Å².